The maximum absolute atomic E-state index is 11.3. The largest absolute Gasteiger partial charge is 0.342 e. The lowest BCUT2D eigenvalue weighted by Crippen LogP contribution is -2.30. The molecule has 0 spiro atoms. The van der Waals surface area contributed by atoms with Crippen molar-refractivity contribution in [2.24, 2.45) is 0 Å². The van der Waals surface area contributed by atoms with Gasteiger partial charge in [0.2, 0.25) is 5.91 Å². The Bertz CT molecular complexity index is 465. The Morgan fingerprint density at radius 3 is 2.29 bits per heavy atom. The van der Waals surface area contributed by atoms with Gasteiger partial charge in [-0.3, -0.25) is 9.59 Å². The fourth-order valence-corrected chi connectivity index (χ4v) is 2.26. The molecule has 0 bridgehead atoms. The molecule has 3 heteroatoms. The van der Waals surface area contributed by atoms with Crippen molar-refractivity contribution in [1.82, 2.24) is 4.90 Å². The third-order valence-corrected chi connectivity index (χ3v) is 3.36. The molecule has 0 saturated carbocycles. The molecule has 90 valence electrons. The number of carbonyl (C=O) groups is 2. The zero-order valence-electron chi connectivity index (χ0n) is 10.3. The number of benzene rings is 1. The second-order valence-electron chi connectivity index (χ2n) is 4.55. The molecular formula is C14H17NO2. The van der Waals surface area contributed by atoms with Crippen molar-refractivity contribution >= 4 is 11.7 Å². The standard InChI is InChI=1S/C14H17NO2/c1-10(16)13-4-3-12-5-7-15(11(2)17)8-6-14(12)9-13/h3-4,9H,5-8H2,1-2H3. The maximum atomic E-state index is 11.3. The quantitative estimate of drug-likeness (QED) is 0.691. The highest BCUT2D eigenvalue weighted by molar-refractivity contribution is 5.94. The van der Waals surface area contributed by atoms with E-state index in [2.05, 4.69) is 0 Å². The number of hydrogen-bond donors (Lipinski definition) is 0. The van der Waals surface area contributed by atoms with Crippen LogP contribution in [0.3, 0.4) is 0 Å². The topological polar surface area (TPSA) is 37.4 Å². The smallest absolute Gasteiger partial charge is 0.219 e. The Morgan fingerprint density at radius 2 is 1.71 bits per heavy atom. The number of carbonyl (C=O) groups excluding carboxylic acids is 2. The predicted molar refractivity (Wildman–Crippen MR) is 66.1 cm³/mol. The summed E-state index contributed by atoms with van der Waals surface area (Å²) >= 11 is 0. The highest BCUT2D eigenvalue weighted by atomic mass is 16.2. The Balaban J connectivity index is 2.25. The molecule has 0 radical (unpaired) electrons. The molecule has 0 unspecified atom stereocenters. The first kappa shape index (κ1) is 11.8. The van der Waals surface area contributed by atoms with E-state index in [4.69, 9.17) is 0 Å². The van der Waals surface area contributed by atoms with E-state index in [0.29, 0.717) is 0 Å². The molecule has 1 heterocycles. The highest BCUT2D eigenvalue weighted by Crippen LogP contribution is 2.18. The number of hydrogen-bond acceptors (Lipinski definition) is 2. The first-order chi connectivity index (χ1) is 8.08. The molecule has 0 aliphatic carbocycles. The van der Waals surface area contributed by atoms with E-state index in [-0.39, 0.29) is 11.7 Å². The van der Waals surface area contributed by atoms with Crippen LogP contribution in [0.5, 0.6) is 0 Å². The number of rotatable bonds is 1. The summed E-state index contributed by atoms with van der Waals surface area (Å²) < 4.78 is 0. The first-order valence-electron chi connectivity index (χ1n) is 5.96. The van der Waals surface area contributed by atoms with Gasteiger partial charge in [0.15, 0.2) is 5.78 Å². The molecule has 2 rings (SSSR count). The molecule has 0 atom stereocenters. The maximum Gasteiger partial charge on any atom is 0.219 e. The highest BCUT2D eigenvalue weighted by Gasteiger charge is 2.16. The molecule has 1 aliphatic heterocycles. The molecule has 0 N–H and O–H groups in total. The molecule has 0 fully saturated rings. The number of amides is 1. The minimum Gasteiger partial charge on any atom is -0.342 e. The summed E-state index contributed by atoms with van der Waals surface area (Å²) in [6.07, 6.45) is 1.73. The van der Waals surface area contributed by atoms with Gasteiger partial charge >= 0.3 is 0 Å². The van der Waals surface area contributed by atoms with Gasteiger partial charge in [-0.05, 0) is 37.0 Å². The first-order valence-corrected chi connectivity index (χ1v) is 5.96. The van der Waals surface area contributed by atoms with Crippen molar-refractivity contribution < 1.29 is 9.59 Å². The van der Waals surface area contributed by atoms with Crippen molar-refractivity contribution in [3.05, 3.63) is 34.9 Å². The SMILES string of the molecule is CC(=O)c1ccc2c(c1)CCN(C(C)=O)CC2. The fraction of sp³-hybridized carbons (Fsp3) is 0.429. The van der Waals surface area contributed by atoms with Crippen LogP contribution in [0.15, 0.2) is 18.2 Å². The number of nitrogens with zero attached hydrogens (tertiary/aromatic N) is 1. The summed E-state index contributed by atoms with van der Waals surface area (Å²) in [5.41, 5.74) is 3.24. The van der Waals surface area contributed by atoms with Gasteiger partial charge in [-0.1, -0.05) is 12.1 Å². The Labute approximate surface area is 101 Å². The van der Waals surface area contributed by atoms with Gasteiger partial charge in [0.05, 0.1) is 0 Å². The van der Waals surface area contributed by atoms with Crippen molar-refractivity contribution in [2.75, 3.05) is 13.1 Å². The van der Waals surface area contributed by atoms with Crippen molar-refractivity contribution in [2.45, 2.75) is 26.7 Å². The van der Waals surface area contributed by atoms with Gasteiger partial charge in [-0.25, -0.2) is 0 Å². The number of fused-ring (bicyclic) bond motifs is 1. The minimum atomic E-state index is 0.0977. The third-order valence-electron chi connectivity index (χ3n) is 3.36. The normalized spacial score (nSPS) is 15.1. The zero-order chi connectivity index (χ0) is 12.4. The van der Waals surface area contributed by atoms with E-state index in [1.54, 1.807) is 13.8 Å². The molecule has 3 nitrogen and oxygen atoms in total. The van der Waals surface area contributed by atoms with Crippen LogP contribution < -0.4 is 0 Å². The van der Waals surface area contributed by atoms with E-state index in [0.717, 1.165) is 31.5 Å². The van der Waals surface area contributed by atoms with Gasteiger partial charge in [0.1, 0.15) is 0 Å². The Hall–Kier alpha value is -1.64. The van der Waals surface area contributed by atoms with Gasteiger partial charge < -0.3 is 4.90 Å². The summed E-state index contributed by atoms with van der Waals surface area (Å²) in [4.78, 5) is 24.5. The molecule has 1 amide bonds. The van der Waals surface area contributed by atoms with E-state index >= 15 is 0 Å². The minimum absolute atomic E-state index is 0.0977. The van der Waals surface area contributed by atoms with Crippen molar-refractivity contribution in [3.8, 4) is 0 Å². The lowest BCUT2D eigenvalue weighted by molar-refractivity contribution is -0.128. The van der Waals surface area contributed by atoms with Gasteiger partial charge in [-0.2, -0.15) is 0 Å². The van der Waals surface area contributed by atoms with Crippen LogP contribution in [0.25, 0.3) is 0 Å². The van der Waals surface area contributed by atoms with E-state index < -0.39 is 0 Å². The Kier molecular flexibility index (Phi) is 3.27. The van der Waals surface area contributed by atoms with Crippen molar-refractivity contribution in [3.63, 3.8) is 0 Å². The lowest BCUT2D eigenvalue weighted by Gasteiger charge is -2.17. The molecule has 1 aliphatic rings. The van der Waals surface area contributed by atoms with Crippen LogP contribution in [0.4, 0.5) is 0 Å². The van der Waals surface area contributed by atoms with Crippen LogP contribution in [0.2, 0.25) is 0 Å². The average molecular weight is 231 g/mol. The molecular weight excluding hydrogens is 214 g/mol. The summed E-state index contributed by atoms with van der Waals surface area (Å²) in [6, 6.07) is 5.88. The van der Waals surface area contributed by atoms with E-state index in [1.807, 2.05) is 23.1 Å². The van der Waals surface area contributed by atoms with Crippen LogP contribution in [0, 0.1) is 0 Å². The van der Waals surface area contributed by atoms with E-state index in [1.165, 1.54) is 11.1 Å². The summed E-state index contributed by atoms with van der Waals surface area (Å²) in [7, 11) is 0. The van der Waals surface area contributed by atoms with Gasteiger partial charge in [-0.15, -0.1) is 0 Å². The average Bonchev–Trinajstić information content (AvgIpc) is 2.50. The summed E-state index contributed by atoms with van der Waals surface area (Å²) in [5.74, 6) is 0.227. The monoisotopic (exact) mass is 231 g/mol. The van der Waals surface area contributed by atoms with Crippen molar-refractivity contribution in [1.29, 1.82) is 0 Å². The van der Waals surface area contributed by atoms with E-state index in [9.17, 15) is 9.59 Å². The van der Waals surface area contributed by atoms with Crippen LogP contribution in [-0.4, -0.2) is 29.7 Å². The molecule has 1 aromatic carbocycles. The predicted octanol–water partition coefficient (Wildman–Crippen LogP) is 1.84. The Morgan fingerprint density at radius 1 is 1.06 bits per heavy atom. The number of Topliss-reactive ketones (excluding diaryl/α,β-unsaturated/α-hetero) is 1. The number of ketones is 1. The summed E-state index contributed by atoms with van der Waals surface area (Å²) in [5, 5.41) is 0. The second kappa shape index (κ2) is 4.70. The summed E-state index contributed by atoms with van der Waals surface area (Å²) in [6.45, 7) is 4.72. The zero-order valence-corrected chi connectivity index (χ0v) is 10.3. The molecule has 1 aromatic rings. The third kappa shape index (κ3) is 2.54. The molecule has 0 aromatic heterocycles. The lowest BCUT2D eigenvalue weighted by atomic mass is 9.99. The second-order valence-corrected chi connectivity index (χ2v) is 4.55. The van der Waals surface area contributed by atoms with Gasteiger partial charge in [0.25, 0.3) is 0 Å². The van der Waals surface area contributed by atoms with Crippen LogP contribution in [-0.2, 0) is 17.6 Å². The van der Waals surface area contributed by atoms with Crippen LogP contribution in [0.1, 0.15) is 35.3 Å². The molecule has 17 heavy (non-hydrogen) atoms. The van der Waals surface area contributed by atoms with Gasteiger partial charge in [0, 0.05) is 25.6 Å². The fourth-order valence-electron chi connectivity index (χ4n) is 2.26. The van der Waals surface area contributed by atoms with Crippen LogP contribution >= 0.6 is 0 Å². The molecule has 0 saturated heterocycles.